The molecule has 0 aliphatic carbocycles. The molecule has 0 amide bonds. The summed E-state index contributed by atoms with van der Waals surface area (Å²) in [6.07, 6.45) is -15.5. The molecule has 0 bridgehead atoms. The predicted octanol–water partition coefficient (Wildman–Crippen LogP) is 4.95. The lowest BCUT2D eigenvalue weighted by atomic mass is 10.1. The largest absolute Gasteiger partial charge is 0.431 e. The van der Waals surface area contributed by atoms with Gasteiger partial charge in [0.1, 0.15) is 5.69 Å². The van der Waals surface area contributed by atoms with E-state index in [0.29, 0.717) is 6.07 Å². The van der Waals surface area contributed by atoms with Crippen LogP contribution in [-0.2, 0) is 18.5 Å². The minimum atomic E-state index is -5.33. The molecular formula is C13H5F9N2OS. The highest BCUT2D eigenvalue weighted by Gasteiger charge is 2.39. The van der Waals surface area contributed by atoms with Crippen molar-refractivity contribution in [3.8, 4) is 5.69 Å². The Morgan fingerprint density at radius 2 is 1.42 bits per heavy atom. The van der Waals surface area contributed by atoms with Gasteiger partial charge < -0.3 is 4.98 Å². The topological polar surface area (TPSA) is 37.8 Å². The first-order chi connectivity index (χ1) is 11.6. The number of H-pyrrole nitrogens is 1. The van der Waals surface area contributed by atoms with E-state index in [-0.39, 0.29) is 22.8 Å². The van der Waals surface area contributed by atoms with Crippen molar-refractivity contribution in [3.63, 3.8) is 0 Å². The molecule has 0 radical (unpaired) electrons. The molecule has 0 unspecified atom stereocenters. The summed E-state index contributed by atoms with van der Waals surface area (Å²) in [5.74, 6) is 0. The zero-order valence-corrected chi connectivity index (χ0v) is 12.8. The highest BCUT2D eigenvalue weighted by Crippen LogP contribution is 2.38. The summed E-state index contributed by atoms with van der Waals surface area (Å²) >= 11 is 4.48. The Labute approximate surface area is 142 Å². The van der Waals surface area contributed by atoms with Crippen LogP contribution in [0.1, 0.15) is 16.8 Å². The SMILES string of the molecule is O=c1cc(C(F)(F)F)[nH]c(=S)n1-c1ccc(C(F)(F)F)cc1C(F)(F)F. The van der Waals surface area contributed by atoms with E-state index < -0.39 is 51.4 Å². The first-order valence-corrected chi connectivity index (χ1v) is 6.75. The predicted molar refractivity (Wildman–Crippen MR) is 72.2 cm³/mol. The molecule has 26 heavy (non-hydrogen) atoms. The van der Waals surface area contributed by atoms with Crippen molar-refractivity contribution in [2.24, 2.45) is 0 Å². The van der Waals surface area contributed by atoms with Crippen molar-refractivity contribution in [2.45, 2.75) is 18.5 Å². The van der Waals surface area contributed by atoms with Crippen LogP contribution in [-0.4, -0.2) is 9.55 Å². The van der Waals surface area contributed by atoms with E-state index in [0.717, 1.165) is 0 Å². The molecule has 0 saturated heterocycles. The number of nitrogens with one attached hydrogen (secondary N) is 1. The van der Waals surface area contributed by atoms with Gasteiger partial charge in [0.25, 0.3) is 5.56 Å². The molecule has 0 saturated carbocycles. The minimum Gasteiger partial charge on any atom is -0.328 e. The Bertz CT molecular complexity index is 919. The zero-order valence-electron chi connectivity index (χ0n) is 12.0. The van der Waals surface area contributed by atoms with Gasteiger partial charge >= 0.3 is 18.5 Å². The fourth-order valence-corrected chi connectivity index (χ4v) is 2.31. The Kier molecular flexibility index (Phi) is 4.73. The second-order valence-corrected chi connectivity index (χ2v) is 5.27. The maximum atomic E-state index is 13.1. The van der Waals surface area contributed by atoms with Gasteiger partial charge in [-0.05, 0) is 30.4 Å². The summed E-state index contributed by atoms with van der Waals surface area (Å²) in [6.45, 7) is 0. The van der Waals surface area contributed by atoms with Gasteiger partial charge in [-0.15, -0.1) is 0 Å². The summed E-state index contributed by atoms with van der Waals surface area (Å²) < 4.78 is 114. The first kappa shape index (κ1) is 20.0. The smallest absolute Gasteiger partial charge is 0.328 e. The van der Waals surface area contributed by atoms with Gasteiger partial charge in [-0.1, -0.05) is 0 Å². The molecule has 1 aromatic heterocycles. The molecule has 2 aromatic rings. The van der Waals surface area contributed by atoms with E-state index in [1.807, 2.05) is 0 Å². The Morgan fingerprint density at radius 1 is 0.846 bits per heavy atom. The molecule has 0 atom stereocenters. The van der Waals surface area contributed by atoms with Crippen LogP contribution in [0.3, 0.4) is 0 Å². The summed E-state index contributed by atoms with van der Waals surface area (Å²) in [4.78, 5) is 13.4. The normalized spacial score (nSPS) is 13.1. The lowest BCUT2D eigenvalue weighted by Crippen LogP contribution is -2.26. The van der Waals surface area contributed by atoms with Crippen LogP contribution >= 0.6 is 12.2 Å². The monoisotopic (exact) mass is 408 g/mol. The summed E-state index contributed by atoms with van der Waals surface area (Å²) in [5.41, 5.74) is -7.86. The van der Waals surface area contributed by atoms with Crippen molar-refractivity contribution in [1.29, 1.82) is 0 Å². The standard InChI is InChI=1S/C13H5F9N2OS/c14-11(15,16)5-1-2-7(6(3-5)12(17,18)19)24-9(25)4-8(13(20,21)22)23-10(24)26/h1-4H,(H,23,26). The van der Waals surface area contributed by atoms with Crippen LogP contribution in [0.25, 0.3) is 5.69 Å². The highest BCUT2D eigenvalue weighted by molar-refractivity contribution is 7.71. The van der Waals surface area contributed by atoms with Crippen LogP contribution in [0, 0.1) is 4.77 Å². The average molecular weight is 408 g/mol. The second kappa shape index (κ2) is 6.14. The van der Waals surface area contributed by atoms with E-state index in [4.69, 9.17) is 0 Å². The number of aromatic nitrogens is 2. The van der Waals surface area contributed by atoms with Crippen LogP contribution in [0.4, 0.5) is 39.5 Å². The average Bonchev–Trinajstić information content (AvgIpc) is 2.43. The van der Waals surface area contributed by atoms with E-state index in [1.165, 1.54) is 0 Å². The molecule has 1 aromatic carbocycles. The third-order valence-electron chi connectivity index (χ3n) is 3.11. The minimum absolute atomic E-state index is 0.0353. The lowest BCUT2D eigenvalue weighted by Gasteiger charge is -2.17. The van der Waals surface area contributed by atoms with Gasteiger partial charge in [0, 0.05) is 6.07 Å². The quantitative estimate of drug-likeness (QED) is 0.536. The van der Waals surface area contributed by atoms with Crippen LogP contribution in [0.15, 0.2) is 29.1 Å². The molecule has 13 heteroatoms. The fraction of sp³-hybridized carbons (Fsp3) is 0.231. The third kappa shape index (κ3) is 3.92. The van der Waals surface area contributed by atoms with Gasteiger partial charge in [0.15, 0.2) is 4.77 Å². The maximum absolute atomic E-state index is 13.1. The molecule has 3 nitrogen and oxygen atoms in total. The Balaban J connectivity index is 2.82. The van der Waals surface area contributed by atoms with E-state index in [9.17, 15) is 44.3 Å². The first-order valence-electron chi connectivity index (χ1n) is 6.35. The number of benzene rings is 1. The number of hydrogen-bond donors (Lipinski definition) is 1. The van der Waals surface area contributed by atoms with Crippen molar-refractivity contribution in [1.82, 2.24) is 9.55 Å². The zero-order chi connectivity index (χ0) is 20.1. The Morgan fingerprint density at radius 3 is 1.85 bits per heavy atom. The molecule has 142 valence electrons. The van der Waals surface area contributed by atoms with Gasteiger partial charge in [0.05, 0.1) is 16.8 Å². The Hall–Kier alpha value is -2.31. The molecule has 1 heterocycles. The van der Waals surface area contributed by atoms with Crippen LogP contribution < -0.4 is 5.56 Å². The van der Waals surface area contributed by atoms with Gasteiger partial charge in [-0.2, -0.15) is 39.5 Å². The summed E-state index contributed by atoms with van der Waals surface area (Å²) in [7, 11) is 0. The number of rotatable bonds is 1. The van der Waals surface area contributed by atoms with Crippen molar-refractivity contribution in [2.75, 3.05) is 0 Å². The molecule has 1 N–H and O–H groups in total. The number of halogens is 9. The molecule has 0 aliphatic rings. The number of nitrogens with zero attached hydrogens (tertiary/aromatic N) is 1. The van der Waals surface area contributed by atoms with E-state index in [1.54, 1.807) is 4.98 Å². The molecule has 0 spiro atoms. The molecule has 0 aliphatic heterocycles. The van der Waals surface area contributed by atoms with Crippen molar-refractivity contribution >= 4 is 12.2 Å². The second-order valence-electron chi connectivity index (χ2n) is 4.89. The van der Waals surface area contributed by atoms with E-state index in [2.05, 4.69) is 12.2 Å². The maximum Gasteiger partial charge on any atom is 0.431 e. The van der Waals surface area contributed by atoms with Gasteiger partial charge in [0.2, 0.25) is 0 Å². The lowest BCUT2D eigenvalue weighted by molar-refractivity contribution is -0.144. The third-order valence-corrected chi connectivity index (χ3v) is 3.39. The van der Waals surface area contributed by atoms with Crippen LogP contribution in [0.5, 0.6) is 0 Å². The van der Waals surface area contributed by atoms with Crippen LogP contribution in [0.2, 0.25) is 0 Å². The number of aromatic amines is 1. The summed E-state index contributed by atoms with van der Waals surface area (Å²) in [5, 5.41) is 0. The fourth-order valence-electron chi connectivity index (χ4n) is 2.01. The van der Waals surface area contributed by atoms with Gasteiger partial charge in [-0.25, -0.2) is 0 Å². The number of alkyl halides is 9. The molecule has 0 fully saturated rings. The summed E-state index contributed by atoms with van der Waals surface area (Å²) in [6, 6.07) is 0.259. The van der Waals surface area contributed by atoms with Gasteiger partial charge in [-0.3, -0.25) is 9.36 Å². The number of hydrogen-bond acceptors (Lipinski definition) is 2. The van der Waals surface area contributed by atoms with Crippen molar-refractivity contribution in [3.05, 3.63) is 56.2 Å². The van der Waals surface area contributed by atoms with E-state index >= 15 is 0 Å². The van der Waals surface area contributed by atoms with Crippen molar-refractivity contribution < 1.29 is 39.5 Å². The highest BCUT2D eigenvalue weighted by atomic mass is 32.1. The molecule has 2 rings (SSSR count). The molecular weight excluding hydrogens is 403 g/mol.